The highest BCUT2D eigenvalue weighted by Crippen LogP contribution is 2.31. The van der Waals surface area contributed by atoms with Gasteiger partial charge in [-0.2, -0.15) is 0 Å². The minimum Gasteiger partial charge on any atom is -0.370 e. The van der Waals surface area contributed by atoms with Crippen LogP contribution in [0.2, 0.25) is 0 Å². The monoisotopic (exact) mass is 240 g/mol. The van der Waals surface area contributed by atoms with Crippen molar-refractivity contribution in [3.63, 3.8) is 0 Å². The zero-order valence-corrected chi connectivity index (χ0v) is 12.0. The summed E-state index contributed by atoms with van der Waals surface area (Å²) in [5.41, 5.74) is 0. The van der Waals surface area contributed by atoms with Gasteiger partial charge in [-0.1, -0.05) is 78.1 Å². The second kappa shape index (κ2) is 9.94. The molecule has 17 heavy (non-hydrogen) atoms. The lowest BCUT2D eigenvalue weighted by Gasteiger charge is -1.99. The van der Waals surface area contributed by atoms with E-state index in [0.29, 0.717) is 12.2 Å². The van der Waals surface area contributed by atoms with Crippen LogP contribution in [0.5, 0.6) is 0 Å². The molecule has 0 amide bonds. The van der Waals surface area contributed by atoms with Gasteiger partial charge in [-0.15, -0.1) is 0 Å². The molecule has 0 bridgehead atoms. The van der Waals surface area contributed by atoms with Crippen molar-refractivity contribution in [2.75, 3.05) is 0 Å². The minimum absolute atomic E-state index is 0.641. The van der Waals surface area contributed by atoms with Crippen molar-refractivity contribution in [3.05, 3.63) is 0 Å². The highest BCUT2D eigenvalue weighted by atomic mass is 16.6. The minimum atomic E-state index is 0.641. The summed E-state index contributed by atoms with van der Waals surface area (Å²) in [6.45, 7) is 4.55. The first kappa shape index (κ1) is 15.0. The average Bonchev–Trinajstić information content (AvgIpc) is 3.07. The molecule has 0 spiro atoms. The summed E-state index contributed by atoms with van der Waals surface area (Å²) in [4.78, 5) is 0. The van der Waals surface area contributed by atoms with E-state index in [-0.39, 0.29) is 0 Å². The Balaban J connectivity index is 1.78. The van der Waals surface area contributed by atoms with Gasteiger partial charge in [0.15, 0.2) is 0 Å². The Morgan fingerprint density at radius 3 is 1.41 bits per heavy atom. The lowest BCUT2D eigenvalue weighted by molar-refractivity contribution is 0.347. The molecule has 2 atom stereocenters. The first-order valence-electron chi connectivity index (χ1n) is 8.04. The molecular weight excluding hydrogens is 208 g/mol. The Morgan fingerprint density at radius 2 is 1.00 bits per heavy atom. The summed E-state index contributed by atoms with van der Waals surface area (Å²) in [5, 5.41) is 0. The Labute approximate surface area is 108 Å². The zero-order valence-electron chi connectivity index (χ0n) is 12.0. The predicted octanol–water partition coefficient (Wildman–Crippen LogP) is 5.47. The van der Waals surface area contributed by atoms with Gasteiger partial charge in [-0.05, 0) is 12.8 Å². The molecule has 0 N–H and O–H groups in total. The topological polar surface area (TPSA) is 12.5 Å². The maximum atomic E-state index is 5.73. The van der Waals surface area contributed by atoms with Gasteiger partial charge in [0.2, 0.25) is 0 Å². The number of unbranched alkanes of at least 4 members (excludes halogenated alkanes) is 8. The summed E-state index contributed by atoms with van der Waals surface area (Å²) in [7, 11) is 0. The largest absolute Gasteiger partial charge is 0.370 e. The Kier molecular flexibility index (Phi) is 8.78. The van der Waals surface area contributed by atoms with Crippen LogP contribution in [0.15, 0.2) is 0 Å². The smallest absolute Gasteiger partial charge is 0.0841 e. The van der Waals surface area contributed by atoms with E-state index in [9.17, 15) is 0 Å². The number of epoxide rings is 1. The van der Waals surface area contributed by atoms with Crippen LogP contribution in [0.25, 0.3) is 0 Å². The fourth-order valence-electron chi connectivity index (χ4n) is 2.59. The molecular formula is C16H32O. The Hall–Kier alpha value is -0.0400. The quantitative estimate of drug-likeness (QED) is 0.325. The zero-order chi connectivity index (χ0) is 12.3. The van der Waals surface area contributed by atoms with Crippen molar-refractivity contribution < 1.29 is 4.74 Å². The highest BCUT2D eigenvalue weighted by molar-refractivity contribution is 4.84. The molecule has 1 fully saturated rings. The maximum Gasteiger partial charge on any atom is 0.0841 e. The molecule has 1 nitrogen and oxygen atoms in total. The van der Waals surface area contributed by atoms with Crippen LogP contribution >= 0.6 is 0 Å². The standard InChI is InChI=1S/C16H32O/c1-3-5-7-9-11-13-15-16(17-15)14-12-10-8-6-4-2/h15-16H,3-14H2,1-2H3. The fraction of sp³-hybridized carbons (Fsp3) is 1.00. The molecule has 1 saturated heterocycles. The summed E-state index contributed by atoms with van der Waals surface area (Å²) in [6, 6.07) is 0. The molecule has 1 rings (SSSR count). The summed E-state index contributed by atoms with van der Waals surface area (Å²) in [5.74, 6) is 0. The number of hydrogen-bond donors (Lipinski definition) is 0. The molecule has 0 radical (unpaired) electrons. The molecule has 1 aliphatic heterocycles. The van der Waals surface area contributed by atoms with Crippen molar-refractivity contribution in [1.82, 2.24) is 0 Å². The summed E-state index contributed by atoms with van der Waals surface area (Å²) < 4.78 is 5.73. The van der Waals surface area contributed by atoms with Crippen LogP contribution in [0, 0.1) is 0 Å². The number of rotatable bonds is 12. The molecule has 1 heteroatoms. The van der Waals surface area contributed by atoms with Crippen molar-refractivity contribution >= 4 is 0 Å². The van der Waals surface area contributed by atoms with E-state index in [0.717, 1.165) is 0 Å². The van der Waals surface area contributed by atoms with Gasteiger partial charge in [-0.3, -0.25) is 0 Å². The van der Waals surface area contributed by atoms with Gasteiger partial charge in [0, 0.05) is 0 Å². The third kappa shape index (κ3) is 7.81. The lowest BCUT2D eigenvalue weighted by Crippen LogP contribution is -1.94. The van der Waals surface area contributed by atoms with E-state index < -0.39 is 0 Å². The molecule has 0 aliphatic carbocycles. The van der Waals surface area contributed by atoms with Crippen LogP contribution in [0.3, 0.4) is 0 Å². The molecule has 0 aromatic rings. The van der Waals surface area contributed by atoms with Crippen LogP contribution in [0.4, 0.5) is 0 Å². The van der Waals surface area contributed by atoms with E-state index in [1.807, 2.05) is 0 Å². The molecule has 2 unspecified atom stereocenters. The highest BCUT2D eigenvalue weighted by Gasteiger charge is 2.36. The van der Waals surface area contributed by atoms with Crippen LogP contribution in [-0.4, -0.2) is 12.2 Å². The average molecular weight is 240 g/mol. The molecule has 102 valence electrons. The number of hydrogen-bond acceptors (Lipinski definition) is 1. The Bertz CT molecular complexity index is 149. The van der Waals surface area contributed by atoms with Gasteiger partial charge in [0.1, 0.15) is 0 Å². The normalized spacial score (nSPS) is 22.9. The third-order valence-electron chi connectivity index (χ3n) is 3.87. The summed E-state index contributed by atoms with van der Waals surface area (Å²) in [6.07, 6.45) is 17.9. The Morgan fingerprint density at radius 1 is 0.588 bits per heavy atom. The second-order valence-electron chi connectivity index (χ2n) is 5.62. The SMILES string of the molecule is CCCCCCCC1OC1CCCCCCC. The van der Waals surface area contributed by atoms with Gasteiger partial charge in [0.25, 0.3) is 0 Å². The second-order valence-corrected chi connectivity index (χ2v) is 5.62. The first-order chi connectivity index (χ1) is 8.38. The fourth-order valence-corrected chi connectivity index (χ4v) is 2.59. The molecule has 1 heterocycles. The van der Waals surface area contributed by atoms with Crippen LogP contribution < -0.4 is 0 Å². The predicted molar refractivity (Wildman–Crippen MR) is 75.4 cm³/mol. The first-order valence-corrected chi connectivity index (χ1v) is 8.04. The van der Waals surface area contributed by atoms with Crippen molar-refractivity contribution in [2.24, 2.45) is 0 Å². The van der Waals surface area contributed by atoms with E-state index >= 15 is 0 Å². The van der Waals surface area contributed by atoms with Gasteiger partial charge in [-0.25, -0.2) is 0 Å². The molecule has 0 aromatic heterocycles. The van der Waals surface area contributed by atoms with Crippen molar-refractivity contribution in [1.29, 1.82) is 0 Å². The van der Waals surface area contributed by atoms with Crippen LogP contribution in [-0.2, 0) is 4.74 Å². The maximum absolute atomic E-state index is 5.73. The molecule has 1 aliphatic rings. The molecule has 0 aromatic carbocycles. The van der Waals surface area contributed by atoms with E-state index in [1.54, 1.807) is 0 Å². The van der Waals surface area contributed by atoms with Gasteiger partial charge in [0.05, 0.1) is 12.2 Å². The van der Waals surface area contributed by atoms with Crippen LogP contribution in [0.1, 0.15) is 90.9 Å². The van der Waals surface area contributed by atoms with E-state index in [2.05, 4.69) is 13.8 Å². The van der Waals surface area contributed by atoms with Crippen molar-refractivity contribution in [2.45, 2.75) is 103 Å². The third-order valence-corrected chi connectivity index (χ3v) is 3.87. The lowest BCUT2D eigenvalue weighted by atomic mass is 10.0. The van der Waals surface area contributed by atoms with Gasteiger partial charge < -0.3 is 4.74 Å². The van der Waals surface area contributed by atoms with E-state index in [4.69, 9.17) is 4.74 Å². The number of ether oxygens (including phenoxy) is 1. The van der Waals surface area contributed by atoms with Gasteiger partial charge >= 0.3 is 0 Å². The van der Waals surface area contributed by atoms with E-state index in [1.165, 1.54) is 77.0 Å². The van der Waals surface area contributed by atoms with Crippen molar-refractivity contribution in [3.8, 4) is 0 Å². The molecule has 0 saturated carbocycles. The summed E-state index contributed by atoms with van der Waals surface area (Å²) >= 11 is 0.